The van der Waals surface area contributed by atoms with Crippen LogP contribution in [0.4, 0.5) is 0 Å². The van der Waals surface area contributed by atoms with Crippen molar-refractivity contribution in [3.05, 3.63) is 51.7 Å². The predicted octanol–water partition coefficient (Wildman–Crippen LogP) is 3.09. The van der Waals surface area contributed by atoms with Crippen molar-refractivity contribution in [3.8, 4) is 0 Å². The Balaban J connectivity index is 2.44. The summed E-state index contributed by atoms with van der Waals surface area (Å²) in [5.41, 5.74) is 0.609. The molecule has 0 amide bonds. The third kappa shape index (κ3) is 3.80. The van der Waals surface area contributed by atoms with Crippen LogP contribution in [0, 0.1) is 6.92 Å². The SMILES string of the molecule is Cc1ccc(C=C(C(=O)O)c2ccc(S(C)(=O)=O)cc2)s1. The van der Waals surface area contributed by atoms with E-state index >= 15 is 0 Å². The van der Waals surface area contributed by atoms with Crippen molar-refractivity contribution in [2.75, 3.05) is 6.26 Å². The zero-order valence-electron chi connectivity index (χ0n) is 11.5. The lowest BCUT2D eigenvalue weighted by atomic mass is 10.1. The Bertz CT molecular complexity index is 796. The van der Waals surface area contributed by atoms with Gasteiger partial charge in [0, 0.05) is 16.0 Å². The minimum atomic E-state index is -3.29. The van der Waals surface area contributed by atoms with Crippen LogP contribution in [0.2, 0.25) is 0 Å². The molecule has 1 aromatic carbocycles. The minimum Gasteiger partial charge on any atom is -0.478 e. The molecule has 6 heteroatoms. The van der Waals surface area contributed by atoms with Crippen LogP contribution in [-0.2, 0) is 14.6 Å². The van der Waals surface area contributed by atoms with Crippen LogP contribution in [0.15, 0.2) is 41.3 Å². The summed E-state index contributed by atoms with van der Waals surface area (Å²) in [7, 11) is -3.29. The van der Waals surface area contributed by atoms with Gasteiger partial charge in [-0.2, -0.15) is 0 Å². The van der Waals surface area contributed by atoms with E-state index < -0.39 is 15.8 Å². The second-order valence-corrected chi connectivity index (χ2v) is 7.94. The maximum atomic E-state index is 11.4. The molecular formula is C15H14O4S2. The van der Waals surface area contributed by atoms with Gasteiger partial charge in [-0.15, -0.1) is 11.3 Å². The molecule has 110 valence electrons. The lowest BCUT2D eigenvalue weighted by Crippen LogP contribution is -2.01. The van der Waals surface area contributed by atoms with E-state index in [0.29, 0.717) is 5.56 Å². The highest BCUT2D eigenvalue weighted by Crippen LogP contribution is 2.24. The molecule has 0 saturated carbocycles. The second-order valence-electron chi connectivity index (χ2n) is 4.61. The van der Waals surface area contributed by atoms with Crippen LogP contribution in [-0.4, -0.2) is 25.7 Å². The molecular weight excluding hydrogens is 308 g/mol. The highest BCUT2D eigenvalue weighted by atomic mass is 32.2. The first-order chi connectivity index (χ1) is 9.77. The Morgan fingerprint density at radius 2 is 1.76 bits per heavy atom. The number of carboxylic acid groups (broad SMARTS) is 1. The molecule has 1 aromatic heterocycles. The first-order valence-corrected chi connectivity index (χ1v) is 8.80. The summed E-state index contributed by atoms with van der Waals surface area (Å²) >= 11 is 1.50. The van der Waals surface area contributed by atoms with Gasteiger partial charge >= 0.3 is 5.97 Å². The van der Waals surface area contributed by atoms with Gasteiger partial charge in [0.1, 0.15) is 0 Å². The second kappa shape index (κ2) is 5.83. The predicted molar refractivity (Wildman–Crippen MR) is 84.1 cm³/mol. The zero-order chi connectivity index (χ0) is 15.6. The maximum Gasteiger partial charge on any atom is 0.336 e. The van der Waals surface area contributed by atoms with Crippen molar-refractivity contribution in [3.63, 3.8) is 0 Å². The van der Waals surface area contributed by atoms with Gasteiger partial charge in [0.25, 0.3) is 0 Å². The molecule has 0 saturated heterocycles. The van der Waals surface area contributed by atoms with Crippen LogP contribution in [0.5, 0.6) is 0 Å². The van der Waals surface area contributed by atoms with Gasteiger partial charge in [0.15, 0.2) is 9.84 Å². The number of sulfone groups is 1. The quantitative estimate of drug-likeness (QED) is 0.878. The summed E-state index contributed by atoms with van der Waals surface area (Å²) < 4.78 is 22.8. The minimum absolute atomic E-state index is 0.136. The third-order valence-electron chi connectivity index (χ3n) is 2.87. The maximum absolute atomic E-state index is 11.4. The van der Waals surface area contributed by atoms with Crippen molar-refractivity contribution < 1.29 is 18.3 Å². The first-order valence-electron chi connectivity index (χ1n) is 6.09. The van der Waals surface area contributed by atoms with Crippen molar-refractivity contribution in [1.29, 1.82) is 0 Å². The van der Waals surface area contributed by atoms with E-state index in [0.717, 1.165) is 16.0 Å². The number of rotatable bonds is 4. The number of benzene rings is 1. The van der Waals surface area contributed by atoms with Gasteiger partial charge < -0.3 is 5.11 Å². The fraction of sp³-hybridized carbons (Fsp3) is 0.133. The number of carbonyl (C=O) groups is 1. The Morgan fingerprint density at radius 1 is 1.14 bits per heavy atom. The van der Waals surface area contributed by atoms with Crippen molar-refractivity contribution in [1.82, 2.24) is 0 Å². The molecule has 0 unspecified atom stereocenters. The number of hydrogen-bond donors (Lipinski definition) is 1. The lowest BCUT2D eigenvalue weighted by molar-refractivity contribution is -0.130. The molecule has 0 atom stereocenters. The molecule has 0 bridgehead atoms. The monoisotopic (exact) mass is 322 g/mol. The molecule has 4 nitrogen and oxygen atoms in total. The van der Waals surface area contributed by atoms with E-state index in [4.69, 9.17) is 0 Å². The van der Waals surface area contributed by atoms with Crippen LogP contribution in [0.3, 0.4) is 0 Å². The van der Waals surface area contributed by atoms with Gasteiger partial charge in [-0.25, -0.2) is 13.2 Å². The number of carboxylic acids is 1. The van der Waals surface area contributed by atoms with Gasteiger partial charge in [0.05, 0.1) is 10.5 Å². The standard InChI is InChI=1S/C15H14O4S2/c1-10-3-6-12(20-10)9-14(15(16)17)11-4-7-13(8-5-11)21(2,18)19/h3-9H,1-2H3,(H,16,17). The smallest absolute Gasteiger partial charge is 0.336 e. The number of hydrogen-bond acceptors (Lipinski definition) is 4. The van der Waals surface area contributed by atoms with Crippen LogP contribution < -0.4 is 0 Å². The van der Waals surface area contributed by atoms with Crippen LogP contribution in [0.1, 0.15) is 15.3 Å². The Hall–Kier alpha value is -1.92. The van der Waals surface area contributed by atoms with Crippen LogP contribution >= 0.6 is 11.3 Å². The van der Waals surface area contributed by atoms with Crippen molar-refractivity contribution >= 4 is 38.8 Å². The molecule has 21 heavy (non-hydrogen) atoms. The molecule has 0 aliphatic carbocycles. The molecule has 0 radical (unpaired) electrons. The number of thiophene rings is 1. The summed E-state index contributed by atoms with van der Waals surface area (Å²) in [6.45, 7) is 1.95. The summed E-state index contributed by atoms with van der Waals surface area (Å²) in [6, 6.07) is 9.63. The fourth-order valence-corrected chi connectivity index (χ4v) is 3.27. The molecule has 2 rings (SSSR count). The van der Waals surface area contributed by atoms with Gasteiger partial charge in [-0.05, 0) is 42.8 Å². The molecule has 2 aromatic rings. The summed E-state index contributed by atoms with van der Waals surface area (Å²) in [6.07, 6.45) is 2.71. The molecule has 0 spiro atoms. The van der Waals surface area contributed by atoms with E-state index in [2.05, 4.69) is 0 Å². The highest BCUT2D eigenvalue weighted by Gasteiger charge is 2.13. The van der Waals surface area contributed by atoms with Crippen molar-refractivity contribution in [2.24, 2.45) is 0 Å². The van der Waals surface area contributed by atoms with E-state index in [1.165, 1.54) is 35.6 Å². The zero-order valence-corrected chi connectivity index (χ0v) is 13.2. The average molecular weight is 322 g/mol. The van der Waals surface area contributed by atoms with E-state index in [-0.39, 0.29) is 10.5 Å². The Labute approximate surface area is 127 Å². The van der Waals surface area contributed by atoms with E-state index in [1.807, 2.05) is 19.1 Å². The summed E-state index contributed by atoms with van der Waals surface area (Å²) in [5, 5.41) is 9.34. The molecule has 0 aliphatic heterocycles. The Kier molecular flexibility index (Phi) is 4.29. The highest BCUT2D eigenvalue weighted by molar-refractivity contribution is 7.90. The van der Waals surface area contributed by atoms with E-state index in [1.54, 1.807) is 6.08 Å². The molecule has 0 fully saturated rings. The average Bonchev–Trinajstić information content (AvgIpc) is 2.80. The third-order valence-corrected chi connectivity index (χ3v) is 4.95. The lowest BCUT2D eigenvalue weighted by Gasteiger charge is -2.04. The molecule has 1 heterocycles. The topological polar surface area (TPSA) is 71.4 Å². The summed E-state index contributed by atoms with van der Waals surface area (Å²) in [5.74, 6) is -1.05. The number of aryl methyl sites for hydroxylation is 1. The van der Waals surface area contributed by atoms with Crippen LogP contribution in [0.25, 0.3) is 11.6 Å². The number of aliphatic carboxylic acids is 1. The van der Waals surface area contributed by atoms with Crippen molar-refractivity contribution in [2.45, 2.75) is 11.8 Å². The van der Waals surface area contributed by atoms with Gasteiger partial charge in [-0.3, -0.25) is 0 Å². The largest absolute Gasteiger partial charge is 0.478 e. The van der Waals surface area contributed by atoms with E-state index in [9.17, 15) is 18.3 Å². The normalized spacial score (nSPS) is 12.4. The van der Waals surface area contributed by atoms with Gasteiger partial charge in [-0.1, -0.05) is 12.1 Å². The molecule has 0 aliphatic rings. The summed E-state index contributed by atoms with van der Waals surface area (Å²) in [4.78, 5) is 13.5. The fourth-order valence-electron chi connectivity index (χ4n) is 1.82. The Morgan fingerprint density at radius 3 is 2.19 bits per heavy atom. The molecule has 1 N–H and O–H groups in total. The van der Waals surface area contributed by atoms with Gasteiger partial charge in [0.2, 0.25) is 0 Å². The first kappa shape index (κ1) is 15.5.